The summed E-state index contributed by atoms with van der Waals surface area (Å²) in [6.45, 7) is 11.1. The number of nitrogens with two attached hydrogens (primary N) is 1. The van der Waals surface area contributed by atoms with Crippen molar-refractivity contribution in [3.05, 3.63) is 17.8 Å². The number of amides is 1. The second-order valence-corrected chi connectivity index (χ2v) is 6.42. The van der Waals surface area contributed by atoms with Crippen LogP contribution in [0.3, 0.4) is 0 Å². The van der Waals surface area contributed by atoms with Crippen molar-refractivity contribution >= 4 is 17.4 Å². The van der Waals surface area contributed by atoms with E-state index >= 15 is 0 Å². The standard InChI is InChI=1S/C15H24N4O/c1-11-9-12(10-17-13(11)16)18-5-7-19(8-6-18)14(20)15(2,3)4/h9-10H,5-8H2,1-4H3,(H2,16,17). The Morgan fingerprint density at radius 1 is 1.25 bits per heavy atom. The molecule has 1 aromatic heterocycles. The molecule has 0 radical (unpaired) electrons. The Hall–Kier alpha value is -1.78. The minimum absolute atomic E-state index is 0.226. The number of carbonyl (C=O) groups is 1. The second-order valence-electron chi connectivity index (χ2n) is 6.42. The molecule has 0 spiro atoms. The quantitative estimate of drug-likeness (QED) is 0.847. The number of nitrogen functional groups attached to an aromatic ring is 1. The first kappa shape index (κ1) is 14.6. The summed E-state index contributed by atoms with van der Waals surface area (Å²) in [7, 11) is 0. The van der Waals surface area contributed by atoms with Crippen LogP contribution in [0.15, 0.2) is 12.3 Å². The van der Waals surface area contributed by atoms with Crippen molar-refractivity contribution in [3.8, 4) is 0 Å². The first-order valence-corrected chi connectivity index (χ1v) is 7.05. The van der Waals surface area contributed by atoms with Crippen LogP contribution in [0.2, 0.25) is 0 Å². The first-order chi connectivity index (χ1) is 9.29. The molecule has 1 aromatic rings. The number of piperazine rings is 1. The fraction of sp³-hybridized carbons (Fsp3) is 0.600. The average molecular weight is 276 g/mol. The number of nitrogens with zero attached hydrogens (tertiary/aromatic N) is 3. The van der Waals surface area contributed by atoms with Crippen molar-refractivity contribution in [2.24, 2.45) is 5.41 Å². The van der Waals surface area contributed by atoms with Crippen LogP contribution < -0.4 is 10.6 Å². The molecule has 1 aliphatic rings. The lowest BCUT2D eigenvalue weighted by atomic mass is 9.94. The largest absolute Gasteiger partial charge is 0.383 e. The predicted molar refractivity (Wildman–Crippen MR) is 81.6 cm³/mol. The molecule has 2 rings (SSSR count). The number of aryl methyl sites for hydroxylation is 1. The summed E-state index contributed by atoms with van der Waals surface area (Å²) in [4.78, 5) is 20.7. The van der Waals surface area contributed by atoms with Gasteiger partial charge in [-0.25, -0.2) is 4.98 Å². The van der Waals surface area contributed by atoms with Crippen LogP contribution in [0.25, 0.3) is 0 Å². The van der Waals surface area contributed by atoms with Crippen LogP contribution in [0, 0.1) is 12.3 Å². The topological polar surface area (TPSA) is 62.5 Å². The third-order valence-corrected chi connectivity index (χ3v) is 3.68. The van der Waals surface area contributed by atoms with Gasteiger partial charge in [-0.05, 0) is 18.6 Å². The monoisotopic (exact) mass is 276 g/mol. The van der Waals surface area contributed by atoms with E-state index in [4.69, 9.17) is 5.73 Å². The highest BCUT2D eigenvalue weighted by Crippen LogP contribution is 2.22. The molecule has 2 heterocycles. The van der Waals surface area contributed by atoms with E-state index in [2.05, 4.69) is 16.0 Å². The smallest absolute Gasteiger partial charge is 0.228 e. The molecule has 0 atom stereocenters. The lowest BCUT2D eigenvalue weighted by Crippen LogP contribution is -2.51. The maximum absolute atomic E-state index is 12.2. The van der Waals surface area contributed by atoms with E-state index < -0.39 is 0 Å². The molecule has 1 fully saturated rings. The Bertz CT molecular complexity index is 499. The Morgan fingerprint density at radius 2 is 1.85 bits per heavy atom. The van der Waals surface area contributed by atoms with E-state index in [1.165, 1.54) is 0 Å². The number of pyridine rings is 1. The molecule has 1 aliphatic heterocycles. The van der Waals surface area contributed by atoms with Crippen LogP contribution in [-0.4, -0.2) is 42.0 Å². The number of anilines is 2. The molecule has 0 bridgehead atoms. The van der Waals surface area contributed by atoms with E-state index in [0.29, 0.717) is 5.82 Å². The number of carbonyl (C=O) groups excluding carboxylic acids is 1. The highest BCUT2D eigenvalue weighted by molar-refractivity contribution is 5.81. The summed E-state index contributed by atoms with van der Waals surface area (Å²) < 4.78 is 0. The molecular formula is C15H24N4O. The maximum atomic E-state index is 12.2. The molecule has 1 amide bonds. The number of rotatable bonds is 1. The van der Waals surface area contributed by atoms with E-state index in [1.54, 1.807) is 0 Å². The van der Waals surface area contributed by atoms with Crippen LogP contribution in [0.4, 0.5) is 11.5 Å². The minimum Gasteiger partial charge on any atom is -0.383 e. The number of hydrogen-bond acceptors (Lipinski definition) is 4. The summed E-state index contributed by atoms with van der Waals surface area (Å²) in [5, 5.41) is 0. The predicted octanol–water partition coefficient (Wildman–Crippen LogP) is 1.67. The van der Waals surface area contributed by atoms with E-state index in [-0.39, 0.29) is 11.3 Å². The first-order valence-electron chi connectivity index (χ1n) is 7.05. The third-order valence-electron chi connectivity index (χ3n) is 3.68. The molecular weight excluding hydrogens is 252 g/mol. The van der Waals surface area contributed by atoms with E-state index in [1.807, 2.05) is 38.8 Å². The molecule has 1 saturated heterocycles. The zero-order chi connectivity index (χ0) is 14.9. The molecule has 0 unspecified atom stereocenters. The fourth-order valence-electron chi connectivity index (χ4n) is 2.39. The molecule has 0 saturated carbocycles. The zero-order valence-corrected chi connectivity index (χ0v) is 12.8. The third kappa shape index (κ3) is 3.03. The molecule has 0 aliphatic carbocycles. The summed E-state index contributed by atoms with van der Waals surface area (Å²) in [5.74, 6) is 0.805. The van der Waals surface area contributed by atoms with Crippen molar-refractivity contribution in [3.63, 3.8) is 0 Å². The van der Waals surface area contributed by atoms with Crippen molar-refractivity contribution in [1.29, 1.82) is 0 Å². The Kier molecular flexibility index (Phi) is 3.88. The number of aromatic nitrogens is 1. The van der Waals surface area contributed by atoms with Gasteiger partial charge < -0.3 is 15.5 Å². The van der Waals surface area contributed by atoms with Gasteiger partial charge in [-0.2, -0.15) is 0 Å². The fourth-order valence-corrected chi connectivity index (χ4v) is 2.39. The summed E-state index contributed by atoms with van der Waals surface area (Å²) in [5.41, 5.74) is 7.52. The zero-order valence-electron chi connectivity index (χ0n) is 12.8. The SMILES string of the molecule is Cc1cc(N2CCN(C(=O)C(C)(C)C)CC2)cnc1N. The Morgan fingerprint density at radius 3 is 2.35 bits per heavy atom. The van der Waals surface area contributed by atoms with Crippen molar-refractivity contribution in [2.45, 2.75) is 27.7 Å². The second kappa shape index (κ2) is 5.31. The van der Waals surface area contributed by atoms with Crippen LogP contribution in [0.5, 0.6) is 0 Å². The van der Waals surface area contributed by atoms with Gasteiger partial charge in [0.2, 0.25) is 5.91 Å². The maximum Gasteiger partial charge on any atom is 0.228 e. The van der Waals surface area contributed by atoms with Crippen LogP contribution in [0.1, 0.15) is 26.3 Å². The van der Waals surface area contributed by atoms with Gasteiger partial charge in [-0.15, -0.1) is 0 Å². The molecule has 5 nitrogen and oxygen atoms in total. The highest BCUT2D eigenvalue weighted by atomic mass is 16.2. The molecule has 20 heavy (non-hydrogen) atoms. The molecule has 2 N–H and O–H groups in total. The van der Waals surface area contributed by atoms with Crippen LogP contribution >= 0.6 is 0 Å². The van der Waals surface area contributed by atoms with E-state index in [0.717, 1.165) is 37.4 Å². The summed E-state index contributed by atoms with van der Waals surface area (Å²) in [6.07, 6.45) is 1.81. The van der Waals surface area contributed by atoms with Crippen molar-refractivity contribution < 1.29 is 4.79 Å². The summed E-state index contributed by atoms with van der Waals surface area (Å²) >= 11 is 0. The normalized spacial score (nSPS) is 16.4. The van der Waals surface area contributed by atoms with Gasteiger partial charge >= 0.3 is 0 Å². The van der Waals surface area contributed by atoms with Crippen molar-refractivity contribution in [2.75, 3.05) is 36.8 Å². The lowest BCUT2D eigenvalue weighted by Gasteiger charge is -2.38. The Balaban J connectivity index is 2.01. The Labute approximate surface area is 120 Å². The average Bonchev–Trinajstić information content (AvgIpc) is 2.40. The van der Waals surface area contributed by atoms with Gasteiger partial charge in [0.05, 0.1) is 11.9 Å². The lowest BCUT2D eigenvalue weighted by molar-refractivity contribution is -0.139. The molecule has 0 aromatic carbocycles. The van der Waals surface area contributed by atoms with Crippen LogP contribution in [-0.2, 0) is 4.79 Å². The van der Waals surface area contributed by atoms with Gasteiger partial charge in [0.25, 0.3) is 0 Å². The molecule has 5 heteroatoms. The van der Waals surface area contributed by atoms with E-state index in [9.17, 15) is 4.79 Å². The van der Waals surface area contributed by atoms with Gasteiger partial charge in [-0.1, -0.05) is 20.8 Å². The molecule has 110 valence electrons. The van der Waals surface area contributed by atoms with Gasteiger partial charge in [0.1, 0.15) is 5.82 Å². The number of hydrogen-bond donors (Lipinski definition) is 1. The highest BCUT2D eigenvalue weighted by Gasteiger charge is 2.29. The summed E-state index contributed by atoms with van der Waals surface area (Å²) in [6, 6.07) is 2.06. The minimum atomic E-state index is -0.304. The van der Waals surface area contributed by atoms with Crippen molar-refractivity contribution in [1.82, 2.24) is 9.88 Å². The van der Waals surface area contributed by atoms with Gasteiger partial charge in [-0.3, -0.25) is 4.79 Å². The van der Waals surface area contributed by atoms with Gasteiger partial charge in [0, 0.05) is 31.6 Å². The van der Waals surface area contributed by atoms with Gasteiger partial charge in [0.15, 0.2) is 0 Å².